The van der Waals surface area contributed by atoms with Crippen molar-refractivity contribution in [3.8, 4) is 0 Å². The molecule has 1 atom stereocenters. The van der Waals surface area contributed by atoms with Crippen molar-refractivity contribution < 1.29 is 4.39 Å². The third-order valence-corrected chi connectivity index (χ3v) is 3.60. The molecule has 0 saturated carbocycles. The molecule has 0 spiro atoms. The smallest absolute Gasteiger partial charge is 0.145 e. The van der Waals surface area contributed by atoms with Crippen LogP contribution in [0.5, 0.6) is 0 Å². The SMILES string of the molecule is CCc1ccccc1C(N)Cc1cccc(Cl)c1F. The summed E-state index contributed by atoms with van der Waals surface area (Å²) in [7, 11) is 0. The Hall–Kier alpha value is -1.38. The van der Waals surface area contributed by atoms with Gasteiger partial charge in [0.1, 0.15) is 5.82 Å². The molecular weight excluding hydrogens is 261 g/mol. The molecule has 0 saturated heterocycles. The van der Waals surface area contributed by atoms with Gasteiger partial charge in [-0.2, -0.15) is 0 Å². The second-order valence-corrected chi connectivity index (χ2v) is 4.98. The summed E-state index contributed by atoms with van der Waals surface area (Å²) < 4.78 is 13.9. The lowest BCUT2D eigenvalue weighted by Crippen LogP contribution is -2.16. The molecule has 2 rings (SSSR count). The van der Waals surface area contributed by atoms with Gasteiger partial charge in [-0.3, -0.25) is 0 Å². The molecule has 0 fully saturated rings. The Bertz CT molecular complexity index is 568. The highest BCUT2D eigenvalue weighted by atomic mass is 35.5. The first-order chi connectivity index (χ1) is 9.13. The van der Waals surface area contributed by atoms with Crippen LogP contribution >= 0.6 is 11.6 Å². The van der Waals surface area contributed by atoms with Gasteiger partial charge in [-0.05, 0) is 35.6 Å². The number of nitrogens with two attached hydrogens (primary N) is 1. The highest BCUT2D eigenvalue weighted by molar-refractivity contribution is 6.30. The van der Waals surface area contributed by atoms with Crippen LogP contribution in [0.1, 0.15) is 29.7 Å². The van der Waals surface area contributed by atoms with Crippen LogP contribution in [0, 0.1) is 5.82 Å². The maximum atomic E-state index is 13.9. The fraction of sp³-hybridized carbons (Fsp3) is 0.250. The van der Waals surface area contributed by atoms with Crippen LogP contribution in [0.15, 0.2) is 42.5 Å². The van der Waals surface area contributed by atoms with Crippen LogP contribution in [0.2, 0.25) is 5.02 Å². The van der Waals surface area contributed by atoms with Gasteiger partial charge in [-0.15, -0.1) is 0 Å². The summed E-state index contributed by atoms with van der Waals surface area (Å²) in [6.45, 7) is 2.09. The minimum absolute atomic E-state index is 0.147. The molecule has 1 nitrogen and oxygen atoms in total. The molecule has 0 bridgehead atoms. The molecule has 2 N–H and O–H groups in total. The van der Waals surface area contributed by atoms with E-state index in [0.717, 1.165) is 12.0 Å². The van der Waals surface area contributed by atoms with E-state index in [1.165, 1.54) is 5.56 Å². The van der Waals surface area contributed by atoms with Crippen molar-refractivity contribution >= 4 is 11.6 Å². The highest BCUT2D eigenvalue weighted by Crippen LogP contribution is 2.24. The van der Waals surface area contributed by atoms with Gasteiger partial charge in [0.25, 0.3) is 0 Å². The van der Waals surface area contributed by atoms with Crippen LogP contribution in [0.4, 0.5) is 4.39 Å². The number of benzene rings is 2. The molecule has 19 heavy (non-hydrogen) atoms. The molecule has 2 aromatic carbocycles. The number of rotatable bonds is 4. The summed E-state index contributed by atoms with van der Waals surface area (Å²) in [6.07, 6.45) is 1.37. The monoisotopic (exact) mass is 277 g/mol. The van der Waals surface area contributed by atoms with E-state index in [2.05, 4.69) is 13.0 Å². The van der Waals surface area contributed by atoms with Crippen molar-refractivity contribution in [1.29, 1.82) is 0 Å². The molecule has 100 valence electrons. The Labute approximate surface area is 118 Å². The Kier molecular flexibility index (Phi) is 4.56. The molecular formula is C16H17ClFN. The highest BCUT2D eigenvalue weighted by Gasteiger charge is 2.14. The zero-order valence-corrected chi connectivity index (χ0v) is 11.6. The summed E-state index contributed by atoms with van der Waals surface area (Å²) in [5, 5.41) is 0.147. The third-order valence-electron chi connectivity index (χ3n) is 3.31. The Morgan fingerprint density at radius 3 is 2.53 bits per heavy atom. The average Bonchev–Trinajstić information content (AvgIpc) is 2.43. The zero-order valence-electron chi connectivity index (χ0n) is 10.9. The first-order valence-electron chi connectivity index (χ1n) is 6.39. The fourth-order valence-electron chi connectivity index (χ4n) is 2.27. The van der Waals surface area contributed by atoms with Gasteiger partial charge in [-0.1, -0.05) is 54.9 Å². The van der Waals surface area contributed by atoms with E-state index in [0.29, 0.717) is 12.0 Å². The van der Waals surface area contributed by atoms with Gasteiger partial charge >= 0.3 is 0 Å². The van der Waals surface area contributed by atoms with Gasteiger partial charge in [0.15, 0.2) is 0 Å². The van der Waals surface area contributed by atoms with Crippen molar-refractivity contribution in [3.63, 3.8) is 0 Å². The molecule has 0 heterocycles. The third kappa shape index (κ3) is 3.14. The summed E-state index contributed by atoms with van der Waals surface area (Å²) in [4.78, 5) is 0. The maximum Gasteiger partial charge on any atom is 0.145 e. The van der Waals surface area contributed by atoms with Crippen LogP contribution in [0.25, 0.3) is 0 Å². The van der Waals surface area contributed by atoms with Gasteiger partial charge in [-0.25, -0.2) is 4.39 Å². The summed E-state index contributed by atoms with van der Waals surface area (Å²) in [5.74, 6) is -0.367. The van der Waals surface area contributed by atoms with E-state index in [9.17, 15) is 4.39 Å². The lowest BCUT2D eigenvalue weighted by Gasteiger charge is -2.16. The lowest BCUT2D eigenvalue weighted by atomic mass is 9.94. The van der Waals surface area contributed by atoms with Crippen molar-refractivity contribution in [2.45, 2.75) is 25.8 Å². The van der Waals surface area contributed by atoms with Crippen molar-refractivity contribution in [3.05, 3.63) is 70.0 Å². The minimum Gasteiger partial charge on any atom is -0.324 e. The van der Waals surface area contributed by atoms with Gasteiger partial charge in [0, 0.05) is 6.04 Å². The fourth-order valence-corrected chi connectivity index (χ4v) is 2.46. The number of halogens is 2. The van der Waals surface area contributed by atoms with Gasteiger partial charge < -0.3 is 5.73 Å². The largest absolute Gasteiger partial charge is 0.324 e. The summed E-state index contributed by atoms with van der Waals surface area (Å²) >= 11 is 5.79. The zero-order chi connectivity index (χ0) is 13.8. The predicted molar refractivity (Wildman–Crippen MR) is 77.9 cm³/mol. The van der Waals surface area contributed by atoms with E-state index in [1.54, 1.807) is 18.2 Å². The van der Waals surface area contributed by atoms with E-state index in [-0.39, 0.29) is 16.9 Å². The summed E-state index contributed by atoms with van der Waals surface area (Å²) in [6, 6.07) is 12.8. The standard InChI is InChI=1S/C16H17ClFN/c1-2-11-6-3-4-8-13(11)15(19)10-12-7-5-9-14(17)16(12)18/h3-9,15H,2,10,19H2,1H3. The molecule has 0 aliphatic carbocycles. The lowest BCUT2D eigenvalue weighted by molar-refractivity contribution is 0.592. The second kappa shape index (κ2) is 6.18. The number of aryl methyl sites for hydroxylation is 1. The Balaban J connectivity index is 2.26. The van der Waals surface area contributed by atoms with Crippen molar-refractivity contribution in [2.75, 3.05) is 0 Å². The topological polar surface area (TPSA) is 26.0 Å². The maximum absolute atomic E-state index is 13.9. The van der Waals surface area contributed by atoms with E-state index >= 15 is 0 Å². The van der Waals surface area contributed by atoms with Crippen LogP contribution in [-0.2, 0) is 12.8 Å². The quantitative estimate of drug-likeness (QED) is 0.887. The Morgan fingerprint density at radius 1 is 1.11 bits per heavy atom. The van der Waals surface area contributed by atoms with Crippen LogP contribution in [0.3, 0.4) is 0 Å². The molecule has 2 aromatic rings. The number of hydrogen-bond donors (Lipinski definition) is 1. The first kappa shape index (κ1) is 14.0. The van der Waals surface area contributed by atoms with Crippen LogP contribution in [-0.4, -0.2) is 0 Å². The van der Waals surface area contributed by atoms with E-state index < -0.39 is 0 Å². The van der Waals surface area contributed by atoms with E-state index in [4.69, 9.17) is 17.3 Å². The second-order valence-electron chi connectivity index (χ2n) is 4.58. The van der Waals surface area contributed by atoms with Crippen LogP contribution < -0.4 is 5.73 Å². The molecule has 0 aliphatic heterocycles. The van der Waals surface area contributed by atoms with Crippen molar-refractivity contribution in [1.82, 2.24) is 0 Å². The molecule has 0 radical (unpaired) electrons. The number of hydrogen-bond acceptors (Lipinski definition) is 1. The minimum atomic E-state index is -0.367. The normalized spacial score (nSPS) is 12.4. The van der Waals surface area contributed by atoms with Gasteiger partial charge in [0.05, 0.1) is 5.02 Å². The predicted octanol–water partition coefficient (Wildman–Crippen LogP) is 4.28. The van der Waals surface area contributed by atoms with Gasteiger partial charge in [0.2, 0.25) is 0 Å². The molecule has 1 unspecified atom stereocenters. The molecule has 0 aromatic heterocycles. The first-order valence-corrected chi connectivity index (χ1v) is 6.77. The van der Waals surface area contributed by atoms with Crippen molar-refractivity contribution in [2.24, 2.45) is 5.73 Å². The Morgan fingerprint density at radius 2 is 1.79 bits per heavy atom. The summed E-state index contributed by atoms with van der Waals surface area (Å²) in [5.41, 5.74) is 9.05. The molecule has 0 amide bonds. The molecule has 3 heteroatoms. The molecule has 0 aliphatic rings. The average molecular weight is 278 g/mol. The van der Waals surface area contributed by atoms with E-state index in [1.807, 2.05) is 18.2 Å².